The van der Waals surface area contributed by atoms with E-state index in [1.165, 1.54) is 0 Å². The first-order valence-corrected chi connectivity index (χ1v) is 6.13. The van der Waals surface area contributed by atoms with Crippen molar-refractivity contribution >= 4 is 27.3 Å². The number of nitrogens with zero attached hydrogens (tertiary/aromatic N) is 1. The molecule has 1 atom stereocenters. The summed E-state index contributed by atoms with van der Waals surface area (Å²) < 4.78 is 6.74. The first-order valence-electron chi connectivity index (χ1n) is 5.32. The number of Topliss-reactive ketones (excluding diaryl/α,β-unsaturated/α-hetero) is 1. The number of hydrogen-bond donors (Lipinski definition) is 0. The molecule has 1 aromatic carbocycles. The van der Waals surface area contributed by atoms with Crippen molar-refractivity contribution in [2.24, 2.45) is 0 Å². The van der Waals surface area contributed by atoms with E-state index in [1.54, 1.807) is 11.3 Å². The molecule has 82 valence electrons. The van der Waals surface area contributed by atoms with Crippen LogP contribution >= 0.6 is 11.3 Å². The molecule has 0 N–H and O–H groups in total. The van der Waals surface area contributed by atoms with Gasteiger partial charge in [0.2, 0.25) is 0 Å². The second-order valence-corrected chi connectivity index (χ2v) is 4.93. The Bertz CT molecular complexity index is 502. The van der Waals surface area contributed by atoms with E-state index in [4.69, 9.17) is 4.74 Å². The molecule has 1 aromatic heterocycles. The molecule has 2 aromatic rings. The maximum Gasteiger partial charge on any atom is 0.138 e. The lowest BCUT2D eigenvalue weighted by Gasteiger charge is -2.19. The quantitative estimate of drug-likeness (QED) is 0.760. The van der Waals surface area contributed by atoms with Gasteiger partial charge in [0.05, 0.1) is 16.8 Å². The first kappa shape index (κ1) is 9.93. The van der Waals surface area contributed by atoms with Crippen LogP contribution in [0, 0.1) is 0 Å². The largest absolute Gasteiger partial charge is 0.370 e. The van der Waals surface area contributed by atoms with Crippen LogP contribution in [0.5, 0.6) is 0 Å². The summed E-state index contributed by atoms with van der Waals surface area (Å²) in [4.78, 5) is 15.9. The molecule has 0 amide bonds. The highest BCUT2D eigenvalue weighted by Crippen LogP contribution is 2.32. The number of hydrogen-bond acceptors (Lipinski definition) is 4. The third-order valence-corrected chi connectivity index (χ3v) is 3.83. The predicted molar refractivity (Wildman–Crippen MR) is 62.6 cm³/mol. The summed E-state index contributed by atoms with van der Waals surface area (Å²) in [5, 5.41) is 0.925. The third-order valence-electron chi connectivity index (χ3n) is 2.70. The van der Waals surface area contributed by atoms with Crippen LogP contribution < -0.4 is 0 Å². The van der Waals surface area contributed by atoms with Crippen LogP contribution in [0.4, 0.5) is 0 Å². The van der Waals surface area contributed by atoms with E-state index in [1.807, 2.05) is 24.3 Å². The van der Waals surface area contributed by atoms with Crippen LogP contribution in [0.25, 0.3) is 10.2 Å². The number of benzene rings is 1. The van der Waals surface area contributed by atoms with E-state index < -0.39 is 0 Å². The van der Waals surface area contributed by atoms with Crippen molar-refractivity contribution in [1.29, 1.82) is 0 Å². The summed E-state index contributed by atoms with van der Waals surface area (Å²) in [5.74, 6) is 0.274. The van der Waals surface area contributed by atoms with Gasteiger partial charge in [0.1, 0.15) is 16.9 Å². The third kappa shape index (κ3) is 1.74. The smallest absolute Gasteiger partial charge is 0.138 e. The lowest BCUT2D eigenvalue weighted by molar-refractivity contribution is -0.128. The molecule has 3 nitrogen and oxygen atoms in total. The Balaban J connectivity index is 1.96. The van der Waals surface area contributed by atoms with Crippen molar-refractivity contribution in [3.8, 4) is 0 Å². The minimum absolute atomic E-state index is 0.126. The number of ketones is 1. The number of carbonyl (C=O) groups is 1. The zero-order valence-electron chi connectivity index (χ0n) is 8.68. The lowest BCUT2D eigenvalue weighted by Crippen LogP contribution is -2.19. The lowest BCUT2D eigenvalue weighted by atomic mass is 10.1. The SMILES string of the molecule is O=C1CCOC(c2nc3ccccc3s2)C1. The minimum Gasteiger partial charge on any atom is -0.370 e. The molecule has 0 aliphatic carbocycles. The highest BCUT2D eigenvalue weighted by atomic mass is 32.1. The van der Waals surface area contributed by atoms with Crippen LogP contribution in [0.15, 0.2) is 24.3 Å². The van der Waals surface area contributed by atoms with Gasteiger partial charge in [-0.1, -0.05) is 12.1 Å². The first-order chi connectivity index (χ1) is 7.83. The van der Waals surface area contributed by atoms with Crippen molar-refractivity contribution in [2.45, 2.75) is 18.9 Å². The van der Waals surface area contributed by atoms with E-state index in [0.717, 1.165) is 15.2 Å². The van der Waals surface area contributed by atoms with Crippen molar-refractivity contribution in [1.82, 2.24) is 4.98 Å². The summed E-state index contributed by atoms with van der Waals surface area (Å²) in [6, 6.07) is 8.00. The monoisotopic (exact) mass is 233 g/mol. The molecule has 2 heterocycles. The average molecular weight is 233 g/mol. The molecule has 1 fully saturated rings. The van der Waals surface area contributed by atoms with Gasteiger partial charge < -0.3 is 4.74 Å². The maximum absolute atomic E-state index is 11.4. The molecule has 1 aliphatic rings. The van der Waals surface area contributed by atoms with Crippen LogP contribution in [-0.4, -0.2) is 17.4 Å². The highest BCUT2D eigenvalue weighted by molar-refractivity contribution is 7.18. The predicted octanol–water partition coefficient (Wildman–Crippen LogP) is 2.72. The molecule has 1 aliphatic heterocycles. The summed E-state index contributed by atoms with van der Waals surface area (Å²) in [6.45, 7) is 0.527. The van der Waals surface area contributed by atoms with E-state index in [0.29, 0.717) is 19.4 Å². The maximum atomic E-state index is 11.4. The summed E-state index contributed by atoms with van der Waals surface area (Å²) in [5.41, 5.74) is 0.990. The van der Waals surface area contributed by atoms with Crippen LogP contribution in [0.2, 0.25) is 0 Å². The fourth-order valence-electron chi connectivity index (χ4n) is 1.87. The molecule has 1 unspecified atom stereocenters. The Labute approximate surface area is 97.1 Å². The topological polar surface area (TPSA) is 39.2 Å². The molecule has 0 bridgehead atoms. The van der Waals surface area contributed by atoms with Crippen LogP contribution in [-0.2, 0) is 9.53 Å². The Hall–Kier alpha value is -1.26. The van der Waals surface area contributed by atoms with Crippen LogP contribution in [0.1, 0.15) is 24.0 Å². The van der Waals surface area contributed by atoms with Crippen LogP contribution in [0.3, 0.4) is 0 Å². The molecular weight excluding hydrogens is 222 g/mol. The number of aromatic nitrogens is 1. The van der Waals surface area contributed by atoms with Gasteiger partial charge in [-0.15, -0.1) is 11.3 Å². The summed E-state index contributed by atoms with van der Waals surface area (Å²) in [7, 11) is 0. The number of carbonyl (C=O) groups excluding carboxylic acids is 1. The van der Waals surface area contributed by atoms with Gasteiger partial charge in [0.25, 0.3) is 0 Å². The molecule has 0 spiro atoms. The molecule has 1 saturated heterocycles. The Kier molecular flexibility index (Phi) is 2.46. The number of para-hydroxylation sites is 1. The van der Waals surface area contributed by atoms with E-state index in [-0.39, 0.29) is 11.9 Å². The molecule has 3 rings (SSSR count). The molecule has 0 radical (unpaired) electrons. The van der Waals surface area contributed by atoms with Gasteiger partial charge in [-0.25, -0.2) is 4.98 Å². The molecular formula is C12H11NO2S. The molecule has 16 heavy (non-hydrogen) atoms. The second kappa shape index (κ2) is 3.96. The van der Waals surface area contributed by atoms with Crippen molar-refractivity contribution < 1.29 is 9.53 Å². The van der Waals surface area contributed by atoms with Crippen molar-refractivity contribution in [2.75, 3.05) is 6.61 Å². The summed E-state index contributed by atoms with van der Waals surface area (Å²) in [6.07, 6.45) is 0.889. The van der Waals surface area contributed by atoms with Crippen molar-refractivity contribution in [3.63, 3.8) is 0 Å². The second-order valence-electron chi connectivity index (χ2n) is 3.87. The molecule has 0 saturated carbocycles. The van der Waals surface area contributed by atoms with E-state index in [9.17, 15) is 4.79 Å². The normalized spacial score (nSPS) is 21.5. The molecule has 4 heteroatoms. The number of thiazole rings is 1. The standard InChI is InChI=1S/C12H11NO2S/c14-8-5-6-15-10(7-8)12-13-9-3-1-2-4-11(9)16-12/h1-4,10H,5-7H2. The summed E-state index contributed by atoms with van der Waals surface area (Å²) >= 11 is 1.62. The number of fused-ring (bicyclic) bond motifs is 1. The van der Waals surface area contributed by atoms with Gasteiger partial charge in [-0.3, -0.25) is 4.79 Å². The highest BCUT2D eigenvalue weighted by Gasteiger charge is 2.24. The van der Waals surface area contributed by atoms with E-state index in [2.05, 4.69) is 4.98 Å². The Morgan fingerprint density at radius 2 is 2.25 bits per heavy atom. The minimum atomic E-state index is -0.126. The van der Waals surface area contributed by atoms with Gasteiger partial charge in [-0.2, -0.15) is 0 Å². The Morgan fingerprint density at radius 3 is 3.06 bits per heavy atom. The van der Waals surface area contributed by atoms with Gasteiger partial charge >= 0.3 is 0 Å². The number of ether oxygens (including phenoxy) is 1. The zero-order chi connectivity index (χ0) is 11.0. The number of rotatable bonds is 1. The van der Waals surface area contributed by atoms with Gasteiger partial charge in [0, 0.05) is 12.8 Å². The fourth-order valence-corrected chi connectivity index (χ4v) is 2.89. The van der Waals surface area contributed by atoms with E-state index >= 15 is 0 Å². The van der Waals surface area contributed by atoms with Crippen molar-refractivity contribution in [3.05, 3.63) is 29.3 Å². The van der Waals surface area contributed by atoms with Gasteiger partial charge in [0.15, 0.2) is 0 Å². The average Bonchev–Trinajstić information content (AvgIpc) is 2.72. The van der Waals surface area contributed by atoms with Gasteiger partial charge in [-0.05, 0) is 12.1 Å². The Morgan fingerprint density at radius 1 is 1.38 bits per heavy atom. The fraction of sp³-hybridized carbons (Fsp3) is 0.333. The zero-order valence-corrected chi connectivity index (χ0v) is 9.50.